The maximum Gasteiger partial charge on any atom is 0.159 e. The number of rotatable bonds is 2. The first-order valence-corrected chi connectivity index (χ1v) is 8.76. The van der Waals surface area contributed by atoms with Crippen LogP contribution in [0.2, 0.25) is 0 Å². The van der Waals surface area contributed by atoms with Gasteiger partial charge in [0.2, 0.25) is 0 Å². The SMILES string of the molecule is CC(=O)c1ccc2c(c1)[C@@H]1C=CC[C@@H]1[C@H](c1ccc(Br)cc1)N2. The Hall–Kier alpha value is -1.87. The molecule has 2 nitrogen and oxygen atoms in total. The van der Waals surface area contributed by atoms with Crippen LogP contribution in [0.15, 0.2) is 59.1 Å². The number of hydrogen-bond donors (Lipinski definition) is 1. The van der Waals surface area contributed by atoms with Crippen LogP contribution in [-0.4, -0.2) is 5.78 Å². The van der Waals surface area contributed by atoms with E-state index in [1.807, 2.05) is 6.07 Å². The molecule has 0 saturated carbocycles. The zero-order valence-corrected chi connectivity index (χ0v) is 14.5. The molecule has 2 aromatic rings. The summed E-state index contributed by atoms with van der Waals surface area (Å²) in [5.41, 5.74) is 4.51. The summed E-state index contributed by atoms with van der Waals surface area (Å²) in [7, 11) is 0. The third-order valence-corrected chi connectivity index (χ3v) is 5.53. The summed E-state index contributed by atoms with van der Waals surface area (Å²) in [6.45, 7) is 1.63. The minimum absolute atomic E-state index is 0.126. The van der Waals surface area contributed by atoms with E-state index in [-0.39, 0.29) is 5.78 Å². The second kappa shape index (κ2) is 5.64. The minimum atomic E-state index is 0.126. The van der Waals surface area contributed by atoms with Crippen LogP contribution >= 0.6 is 15.9 Å². The average Bonchev–Trinajstić information content (AvgIpc) is 3.04. The van der Waals surface area contributed by atoms with Crippen molar-refractivity contribution in [2.75, 3.05) is 5.32 Å². The van der Waals surface area contributed by atoms with Crippen molar-refractivity contribution in [2.45, 2.75) is 25.3 Å². The molecule has 3 atom stereocenters. The maximum atomic E-state index is 11.7. The summed E-state index contributed by atoms with van der Waals surface area (Å²) in [6.07, 6.45) is 5.65. The van der Waals surface area contributed by atoms with E-state index in [2.05, 4.69) is 69.8 Å². The van der Waals surface area contributed by atoms with Gasteiger partial charge >= 0.3 is 0 Å². The molecule has 0 saturated heterocycles. The molecular formula is C20H18BrNO. The second-order valence-corrected chi connectivity index (χ2v) is 7.30. The predicted molar refractivity (Wildman–Crippen MR) is 96.9 cm³/mol. The predicted octanol–water partition coefficient (Wildman–Crippen LogP) is 5.48. The first-order valence-electron chi connectivity index (χ1n) is 7.97. The molecular weight excluding hydrogens is 350 g/mol. The van der Waals surface area contributed by atoms with Gasteiger partial charge in [0, 0.05) is 21.6 Å². The average molecular weight is 368 g/mol. The number of ketones is 1. The highest BCUT2D eigenvalue weighted by molar-refractivity contribution is 9.10. The molecule has 2 aliphatic rings. The number of Topliss-reactive ketones (excluding diaryl/α,β-unsaturated/α-hetero) is 1. The molecule has 2 aromatic carbocycles. The third kappa shape index (κ3) is 2.53. The van der Waals surface area contributed by atoms with Crippen molar-refractivity contribution in [1.29, 1.82) is 0 Å². The van der Waals surface area contributed by atoms with Gasteiger partial charge in [0.1, 0.15) is 0 Å². The molecule has 116 valence electrons. The lowest BCUT2D eigenvalue weighted by Gasteiger charge is -2.37. The summed E-state index contributed by atoms with van der Waals surface area (Å²) in [6, 6.07) is 14.9. The fourth-order valence-electron chi connectivity index (χ4n) is 3.81. The van der Waals surface area contributed by atoms with Gasteiger partial charge in [0.25, 0.3) is 0 Å². The maximum absolute atomic E-state index is 11.7. The summed E-state index contributed by atoms with van der Waals surface area (Å²) < 4.78 is 1.10. The lowest BCUT2D eigenvalue weighted by molar-refractivity contribution is 0.101. The van der Waals surface area contributed by atoms with Gasteiger partial charge in [-0.15, -0.1) is 0 Å². The van der Waals surface area contributed by atoms with Gasteiger partial charge in [-0.2, -0.15) is 0 Å². The van der Waals surface area contributed by atoms with Crippen molar-refractivity contribution in [3.63, 3.8) is 0 Å². The summed E-state index contributed by atoms with van der Waals surface area (Å²) in [5.74, 6) is 1.02. The Morgan fingerprint density at radius 3 is 2.70 bits per heavy atom. The summed E-state index contributed by atoms with van der Waals surface area (Å²) in [5, 5.41) is 3.70. The monoisotopic (exact) mass is 367 g/mol. The van der Waals surface area contributed by atoms with Crippen LogP contribution < -0.4 is 5.32 Å². The van der Waals surface area contributed by atoms with Crippen molar-refractivity contribution in [3.05, 3.63) is 75.8 Å². The quantitative estimate of drug-likeness (QED) is 0.562. The molecule has 0 radical (unpaired) electrons. The molecule has 0 spiro atoms. The molecule has 0 bridgehead atoms. The molecule has 23 heavy (non-hydrogen) atoms. The number of nitrogens with one attached hydrogen (secondary N) is 1. The van der Waals surface area contributed by atoms with E-state index in [9.17, 15) is 4.79 Å². The van der Waals surface area contributed by atoms with E-state index in [4.69, 9.17) is 0 Å². The van der Waals surface area contributed by atoms with Gasteiger partial charge in [-0.25, -0.2) is 0 Å². The zero-order chi connectivity index (χ0) is 16.0. The molecule has 1 aliphatic carbocycles. The molecule has 0 amide bonds. The van der Waals surface area contributed by atoms with Gasteiger partial charge in [0.15, 0.2) is 5.78 Å². The third-order valence-electron chi connectivity index (χ3n) is 5.00. The van der Waals surface area contributed by atoms with Crippen molar-refractivity contribution < 1.29 is 4.79 Å². The lowest BCUT2D eigenvalue weighted by Crippen LogP contribution is -2.29. The Labute approximate surface area is 144 Å². The summed E-state index contributed by atoms with van der Waals surface area (Å²) >= 11 is 3.51. The van der Waals surface area contributed by atoms with Crippen LogP contribution in [0.1, 0.15) is 46.8 Å². The second-order valence-electron chi connectivity index (χ2n) is 6.39. The smallest absolute Gasteiger partial charge is 0.159 e. The van der Waals surface area contributed by atoms with Crippen LogP contribution in [0.25, 0.3) is 0 Å². The lowest BCUT2D eigenvalue weighted by atomic mass is 9.76. The van der Waals surface area contributed by atoms with Crippen molar-refractivity contribution >= 4 is 27.4 Å². The Balaban J connectivity index is 1.77. The standard InChI is InChI=1S/C20H18BrNO/c1-12(23)14-7-10-19-18(11-14)16-3-2-4-17(16)20(22-19)13-5-8-15(21)9-6-13/h2-3,5-11,16-17,20,22H,4H2,1H3/t16-,17+,20+/m1/s1. The molecule has 0 fully saturated rings. The van der Waals surface area contributed by atoms with Gasteiger partial charge < -0.3 is 5.32 Å². The van der Waals surface area contributed by atoms with Crippen LogP contribution in [0, 0.1) is 5.92 Å². The van der Waals surface area contributed by atoms with E-state index in [1.54, 1.807) is 6.92 Å². The minimum Gasteiger partial charge on any atom is -0.378 e. The normalized spacial score (nSPS) is 24.7. The number of halogens is 1. The molecule has 1 aliphatic heterocycles. The number of carbonyl (C=O) groups is 1. The van der Waals surface area contributed by atoms with Crippen LogP contribution in [0.5, 0.6) is 0 Å². The first-order chi connectivity index (χ1) is 11.1. The number of anilines is 1. The molecule has 0 unspecified atom stereocenters. The van der Waals surface area contributed by atoms with Gasteiger partial charge in [-0.1, -0.05) is 40.2 Å². The first kappa shape index (κ1) is 14.7. The molecule has 0 aromatic heterocycles. The zero-order valence-electron chi connectivity index (χ0n) is 12.9. The highest BCUT2D eigenvalue weighted by Crippen LogP contribution is 2.49. The summed E-state index contributed by atoms with van der Waals surface area (Å²) in [4.78, 5) is 11.7. The van der Waals surface area contributed by atoms with Crippen LogP contribution in [0.3, 0.4) is 0 Å². The van der Waals surface area contributed by atoms with E-state index >= 15 is 0 Å². The highest BCUT2D eigenvalue weighted by atomic mass is 79.9. The van der Waals surface area contributed by atoms with Crippen LogP contribution in [0.4, 0.5) is 5.69 Å². The van der Waals surface area contributed by atoms with Crippen LogP contribution in [-0.2, 0) is 0 Å². The Morgan fingerprint density at radius 1 is 1.17 bits per heavy atom. The van der Waals surface area contributed by atoms with Crippen molar-refractivity contribution in [2.24, 2.45) is 5.92 Å². The molecule has 3 heteroatoms. The molecule has 4 rings (SSSR count). The van der Waals surface area contributed by atoms with E-state index in [0.29, 0.717) is 17.9 Å². The fourth-order valence-corrected chi connectivity index (χ4v) is 4.08. The number of hydrogen-bond acceptors (Lipinski definition) is 2. The van der Waals surface area contributed by atoms with E-state index in [0.717, 1.165) is 22.1 Å². The molecule has 1 heterocycles. The van der Waals surface area contributed by atoms with Crippen molar-refractivity contribution in [1.82, 2.24) is 0 Å². The van der Waals surface area contributed by atoms with Gasteiger partial charge in [-0.05, 0) is 60.7 Å². The van der Waals surface area contributed by atoms with Gasteiger partial charge in [0.05, 0.1) is 6.04 Å². The largest absolute Gasteiger partial charge is 0.378 e. The Kier molecular flexibility index (Phi) is 3.61. The van der Waals surface area contributed by atoms with E-state index in [1.165, 1.54) is 11.1 Å². The number of carbonyl (C=O) groups excluding carboxylic acids is 1. The Bertz CT molecular complexity index is 794. The number of allylic oxidation sites excluding steroid dienone is 2. The topological polar surface area (TPSA) is 29.1 Å². The van der Waals surface area contributed by atoms with E-state index < -0.39 is 0 Å². The van der Waals surface area contributed by atoms with Crippen molar-refractivity contribution in [3.8, 4) is 0 Å². The number of benzene rings is 2. The Morgan fingerprint density at radius 2 is 1.96 bits per heavy atom. The molecule has 1 N–H and O–H groups in total. The number of fused-ring (bicyclic) bond motifs is 3. The highest BCUT2D eigenvalue weighted by Gasteiger charge is 2.37. The fraction of sp³-hybridized carbons (Fsp3) is 0.250. The van der Waals surface area contributed by atoms with Gasteiger partial charge in [-0.3, -0.25) is 4.79 Å².